The van der Waals surface area contributed by atoms with Gasteiger partial charge in [0.25, 0.3) is 0 Å². The quantitative estimate of drug-likeness (QED) is 0.156. The average Bonchev–Trinajstić information content (AvgIpc) is 3.39. The molecule has 1 aromatic heterocycles. The molecule has 0 radical (unpaired) electrons. The molecule has 0 saturated carbocycles. The van der Waals surface area contributed by atoms with Crippen LogP contribution in [-0.2, 0) is 11.2 Å². The van der Waals surface area contributed by atoms with Crippen LogP contribution in [0, 0.1) is 0 Å². The summed E-state index contributed by atoms with van der Waals surface area (Å²) in [7, 11) is 8.15. The van der Waals surface area contributed by atoms with Crippen molar-refractivity contribution < 1.29 is 58.5 Å². The van der Waals surface area contributed by atoms with Gasteiger partial charge >= 0.3 is 29.6 Å². The number of nitrogens with zero attached hydrogens (tertiary/aromatic N) is 3. The number of methoxy groups -OCH3 is 3. The second kappa shape index (κ2) is 13.1. The Labute approximate surface area is 252 Å². The molecular weight excluding hydrogens is 529 g/mol. The Morgan fingerprint density at radius 3 is 2.13 bits per heavy atom. The summed E-state index contributed by atoms with van der Waals surface area (Å²) < 4.78 is 24.6. The molecule has 0 unspecified atom stereocenters. The average molecular weight is 556 g/mol. The zero-order valence-electron chi connectivity index (χ0n) is 22.6. The van der Waals surface area contributed by atoms with Gasteiger partial charge in [0.2, 0.25) is 5.75 Å². The smallest absolute Gasteiger partial charge is 0.545 e. The van der Waals surface area contributed by atoms with Crippen LogP contribution in [0.3, 0.4) is 0 Å². The fourth-order valence-corrected chi connectivity index (χ4v) is 4.69. The van der Waals surface area contributed by atoms with E-state index in [0.29, 0.717) is 22.3 Å². The maximum absolute atomic E-state index is 14.1. The van der Waals surface area contributed by atoms with E-state index in [2.05, 4.69) is 8.75 Å². The monoisotopic (exact) mass is 555 g/mol. The van der Waals surface area contributed by atoms with E-state index in [-0.39, 0.29) is 64.2 Å². The predicted octanol–water partition coefficient (Wildman–Crippen LogP) is 0.416. The molecule has 0 saturated heterocycles. The van der Waals surface area contributed by atoms with Gasteiger partial charge in [0.1, 0.15) is 11.0 Å². The minimum Gasteiger partial charge on any atom is -0.545 e. The van der Waals surface area contributed by atoms with Crippen LogP contribution in [0.25, 0.3) is 16.6 Å². The van der Waals surface area contributed by atoms with Crippen LogP contribution < -0.4 is 53.8 Å². The number of rotatable bonds is 10. The number of benzene rings is 3. The third-order valence-corrected chi connectivity index (χ3v) is 6.61. The molecule has 0 N–H and O–H groups in total. The normalized spacial score (nSPS) is 11.3. The number of aliphatic carboxylic acids is 1. The Bertz CT molecular complexity index is 1520. The molecule has 0 atom stereocenters. The van der Waals surface area contributed by atoms with Gasteiger partial charge in [-0.25, -0.2) is 0 Å². The van der Waals surface area contributed by atoms with E-state index in [1.54, 1.807) is 18.2 Å². The van der Waals surface area contributed by atoms with Crippen molar-refractivity contribution in [1.82, 2.24) is 8.75 Å². The van der Waals surface area contributed by atoms with Crippen molar-refractivity contribution in [1.29, 1.82) is 0 Å². The van der Waals surface area contributed by atoms with Gasteiger partial charge in [-0.1, -0.05) is 18.2 Å². The molecule has 9 nitrogen and oxygen atoms in total. The molecule has 196 valence electrons. The van der Waals surface area contributed by atoms with Gasteiger partial charge < -0.3 is 29.0 Å². The van der Waals surface area contributed by atoms with E-state index in [9.17, 15) is 14.7 Å². The Morgan fingerprint density at radius 2 is 1.54 bits per heavy atom. The number of ketones is 1. The van der Waals surface area contributed by atoms with Crippen LogP contribution in [0.4, 0.5) is 5.69 Å². The van der Waals surface area contributed by atoms with Crippen LogP contribution in [0.1, 0.15) is 21.5 Å². The zero-order chi connectivity index (χ0) is 27.4. The summed E-state index contributed by atoms with van der Waals surface area (Å²) in [5.74, 6) is -1.14. The van der Waals surface area contributed by atoms with Crippen molar-refractivity contribution in [2.45, 2.75) is 6.42 Å². The molecule has 0 fully saturated rings. The number of hydrogen-bond donors (Lipinski definition) is 0. The van der Waals surface area contributed by atoms with Crippen molar-refractivity contribution >= 4 is 45.8 Å². The second-order valence-corrected chi connectivity index (χ2v) is 9.12. The van der Waals surface area contributed by atoms with Gasteiger partial charge in [-0.15, -0.1) is 0 Å². The number of allylic oxidation sites excluding steroid dienone is 1. The first-order valence-electron chi connectivity index (χ1n) is 11.6. The molecule has 0 bridgehead atoms. The number of carbonyl (C=O) groups excluding carboxylic acids is 2. The summed E-state index contributed by atoms with van der Waals surface area (Å²) in [5.41, 5.74) is 3.10. The fourth-order valence-electron chi connectivity index (χ4n) is 4.17. The van der Waals surface area contributed by atoms with Gasteiger partial charge in [-0.05, 0) is 47.5 Å². The first-order chi connectivity index (χ1) is 18.3. The van der Waals surface area contributed by atoms with Crippen molar-refractivity contribution in [3.8, 4) is 17.2 Å². The van der Waals surface area contributed by atoms with E-state index < -0.39 is 11.8 Å². The number of ether oxygens (including phenoxy) is 3. The van der Waals surface area contributed by atoms with Crippen molar-refractivity contribution in [2.75, 3.05) is 40.3 Å². The minimum absolute atomic E-state index is 0. The SMILES string of the molecule is COc1cc(C(=O)C(Cc2cccc(N(C)C)c2)=C(C(=O)[O-])c2ccc3nsnc3c2)cc(OC)c1OC.[Na+]. The third kappa shape index (κ3) is 6.42. The molecule has 0 spiro atoms. The molecule has 0 aliphatic carbocycles. The van der Waals surface area contributed by atoms with Crippen molar-refractivity contribution in [3.05, 3.63) is 76.9 Å². The maximum Gasteiger partial charge on any atom is 1.00 e. The van der Waals surface area contributed by atoms with Crippen LogP contribution in [0.2, 0.25) is 0 Å². The van der Waals surface area contributed by atoms with E-state index in [4.69, 9.17) is 14.2 Å². The van der Waals surface area contributed by atoms with Crippen molar-refractivity contribution in [2.24, 2.45) is 0 Å². The van der Waals surface area contributed by atoms with Gasteiger partial charge in [0.05, 0.1) is 39.0 Å². The Morgan fingerprint density at radius 1 is 0.872 bits per heavy atom. The van der Waals surface area contributed by atoms with Crippen LogP contribution >= 0.6 is 11.7 Å². The summed E-state index contributed by atoms with van der Waals surface area (Å²) in [6.07, 6.45) is 0.0356. The summed E-state index contributed by atoms with van der Waals surface area (Å²) >= 11 is 1.02. The summed E-state index contributed by atoms with van der Waals surface area (Å²) in [6.45, 7) is 0. The summed E-state index contributed by atoms with van der Waals surface area (Å²) in [4.78, 5) is 28.7. The molecule has 4 aromatic rings. The number of carbonyl (C=O) groups is 2. The number of anilines is 1. The van der Waals surface area contributed by atoms with E-state index in [1.807, 2.05) is 43.3 Å². The predicted molar refractivity (Wildman–Crippen MR) is 144 cm³/mol. The number of hydrogen-bond acceptors (Lipinski definition) is 10. The standard InChI is InChI=1S/C28H27N3O6S.Na/c1-31(2)19-8-6-7-16(11-19)12-20(25(28(33)34)17-9-10-21-22(13-17)30-38-29-21)26(32)18-14-23(35-3)27(37-5)24(15-18)36-4;/h6-11,13-15H,12H2,1-5H3,(H,33,34);/q;+1/p-1. The molecule has 1 heterocycles. The minimum atomic E-state index is -1.48. The maximum atomic E-state index is 14.1. The molecule has 0 aliphatic heterocycles. The first kappa shape index (κ1) is 30.1. The van der Waals surface area contributed by atoms with Crippen LogP contribution in [-0.4, -0.2) is 55.9 Å². The van der Waals surface area contributed by atoms with Gasteiger partial charge in [0.15, 0.2) is 17.3 Å². The van der Waals surface area contributed by atoms with Crippen LogP contribution in [0.5, 0.6) is 17.2 Å². The van der Waals surface area contributed by atoms with E-state index >= 15 is 0 Å². The second-order valence-electron chi connectivity index (χ2n) is 8.59. The topological polar surface area (TPSA) is 114 Å². The third-order valence-electron chi connectivity index (χ3n) is 6.06. The molecule has 4 rings (SSSR count). The molecule has 0 aliphatic rings. The van der Waals surface area contributed by atoms with Crippen molar-refractivity contribution in [3.63, 3.8) is 0 Å². The summed E-state index contributed by atoms with van der Waals surface area (Å²) in [6, 6.07) is 15.4. The van der Waals surface area contributed by atoms with E-state index in [0.717, 1.165) is 23.0 Å². The van der Waals surface area contributed by atoms with Crippen LogP contribution in [0.15, 0.2) is 60.2 Å². The summed E-state index contributed by atoms with van der Waals surface area (Å²) in [5, 5.41) is 12.6. The Hall–Kier alpha value is -3.44. The van der Waals surface area contributed by atoms with Gasteiger partial charge in [-0.2, -0.15) is 8.75 Å². The zero-order valence-corrected chi connectivity index (χ0v) is 25.4. The Balaban J connectivity index is 0.00000420. The number of fused-ring (bicyclic) bond motifs is 1. The molecule has 11 heteroatoms. The first-order valence-corrected chi connectivity index (χ1v) is 12.3. The number of aromatic nitrogens is 2. The molecule has 0 amide bonds. The molecular formula is C28H26N3NaO6S. The fraction of sp³-hybridized carbons (Fsp3) is 0.214. The largest absolute Gasteiger partial charge is 1.00 e. The number of carboxylic acid groups (broad SMARTS) is 1. The molecule has 39 heavy (non-hydrogen) atoms. The molecule has 3 aromatic carbocycles. The number of carboxylic acids is 1. The van der Waals surface area contributed by atoms with Gasteiger partial charge in [0, 0.05) is 42.9 Å². The Kier molecular flexibility index (Phi) is 10.1. The van der Waals surface area contributed by atoms with E-state index in [1.165, 1.54) is 33.5 Å². The number of Topliss-reactive ketones (excluding diaryl/α,β-unsaturated/α-hetero) is 1. The van der Waals surface area contributed by atoms with Gasteiger partial charge in [-0.3, -0.25) is 4.79 Å².